The van der Waals surface area contributed by atoms with Gasteiger partial charge in [0.05, 0.1) is 30.2 Å². The van der Waals surface area contributed by atoms with E-state index in [-0.39, 0.29) is 41.8 Å². The van der Waals surface area contributed by atoms with E-state index in [1.165, 1.54) is 18.2 Å². The Bertz CT molecular complexity index is 1290. The van der Waals surface area contributed by atoms with Crippen molar-refractivity contribution in [1.29, 1.82) is 0 Å². The molecule has 4 aromatic rings. The highest BCUT2D eigenvalue weighted by Gasteiger charge is 2.21. The SMILES string of the molecule is Fc1ccc(COc2cccc(-c3cc(F)c(Cc4nccn4C[C@@H]4CCO4)cc3F)n2)nc1. The van der Waals surface area contributed by atoms with E-state index in [0.29, 0.717) is 18.1 Å². The fourth-order valence-corrected chi connectivity index (χ4v) is 3.70. The van der Waals surface area contributed by atoms with Crippen LogP contribution in [0.4, 0.5) is 13.2 Å². The van der Waals surface area contributed by atoms with Crippen LogP contribution >= 0.6 is 0 Å². The Labute approximate surface area is 194 Å². The molecule has 0 radical (unpaired) electrons. The Kier molecular flexibility index (Phi) is 6.27. The molecule has 9 heteroatoms. The Morgan fingerprint density at radius 1 is 1.06 bits per heavy atom. The molecular formula is C25H21F3N4O2. The molecule has 1 aliphatic rings. The van der Waals surface area contributed by atoms with E-state index in [1.807, 2.05) is 10.8 Å². The molecule has 174 valence electrons. The van der Waals surface area contributed by atoms with Gasteiger partial charge in [0.1, 0.15) is 29.9 Å². The minimum atomic E-state index is -0.596. The smallest absolute Gasteiger partial charge is 0.214 e. The number of benzene rings is 1. The molecule has 0 spiro atoms. The van der Waals surface area contributed by atoms with Crippen LogP contribution in [0.2, 0.25) is 0 Å². The van der Waals surface area contributed by atoms with Crippen molar-refractivity contribution in [3.63, 3.8) is 0 Å². The third kappa shape index (κ3) is 4.94. The lowest BCUT2D eigenvalue weighted by Gasteiger charge is -2.27. The molecule has 0 unspecified atom stereocenters. The van der Waals surface area contributed by atoms with Crippen LogP contribution in [-0.2, 0) is 24.3 Å². The van der Waals surface area contributed by atoms with Crippen LogP contribution in [0.15, 0.2) is 61.1 Å². The standard InChI is InChI=1S/C25H21F3N4O2/c26-17-4-5-18(30-13-17)15-34-25-3-1-2-23(31-25)20-12-21(27)16(10-22(20)28)11-24-29-7-8-32(24)14-19-6-9-33-19/h1-5,7-8,10,12-13,19H,6,9,11,14-15H2/t19-/m0/s1. The normalized spacial score (nSPS) is 15.2. The van der Waals surface area contributed by atoms with Gasteiger partial charge < -0.3 is 14.0 Å². The fraction of sp³-hybridized carbons (Fsp3) is 0.240. The highest BCUT2D eigenvalue weighted by Crippen LogP contribution is 2.27. The van der Waals surface area contributed by atoms with Gasteiger partial charge in [-0.1, -0.05) is 6.07 Å². The molecule has 0 bridgehead atoms. The largest absolute Gasteiger partial charge is 0.471 e. The predicted molar refractivity (Wildman–Crippen MR) is 118 cm³/mol. The maximum absolute atomic E-state index is 15.0. The third-order valence-corrected chi connectivity index (χ3v) is 5.64. The lowest BCUT2D eigenvalue weighted by molar-refractivity contribution is -0.0595. The monoisotopic (exact) mass is 466 g/mol. The molecule has 3 aromatic heterocycles. The summed E-state index contributed by atoms with van der Waals surface area (Å²) in [6.07, 6.45) is 5.83. The van der Waals surface area contributed by atoms with Crippen molar-refractivity contribution in [2.24, 2.45) is 0 Å². The van der Waals surface area contributed by atoms with Gasteiger partial charge in [0.15, 0.2) is 0 Å². The van der Waals surface area contributed by atoms with Gasteiger partial charge in [0.2, 0.25) is 5.88 Å². The zero-order valence-corrected chi connectivity index (χ0v) is 18.1. The summed E-state index contributed by atoms with van der Waals surface area (Å²) in [7, 11) is 0. The Hall–Kier alpha value is -3.72. The van der Waals surface area contributed by atoms with Gasteiger partial charge >= 0.3 is 0 Å². The van der Waals surface area contributed by atoms with Gasteiger partial charge in [-0.3, -0.25) is 4.98 Å². The summed E-state index contributed by atoms with van der Waals surface area (Å²) < 4.78 is 55.9. The van der Waals surface area contributed by atoms with Crippen molar-refractivity contribution in [2.45, 2.75) is 32.1 Å². The van der Waals surface area contributed by atoms with Crippen LogP contribution < -0.4 is 4.74 Å². The minimum Gasteiger partial charge on any atom is -0.471 e. The number of halogens is 3. The first-order valence-corrected chi connectivity index (χ1v) is 10.9. The number of aromatic nitrogens is 4. The zero-order valence-electron chi connectivity index (χ0n) is 18.1. The number of pyridine rings is 2. The average Bonchev–Trinajstić information content (AvgIpc) is 3.25. The Morgan fingerprint density at radius 2 is 1.94 bits per heavy atom. The summed E-state index contributed by atoms with van der Waals surface area (Å²) in [5, 5.41) is 0. The van der Waals surface area contributed by atoms with Gasteiger partial charge in [-0.25, -0.2) is 23.1 Å². The second kappa shape index (κ2) is 9.64. The molecule has 1 saturated heterocycles. The average molecular weight is 466 g/mol. The minimum absolute atomic E-state index is 0.0258. The molecule has 1 atom stereocenters. The molecule has 6 nitrogen and oxygen atoms in total. The van der Waals surface area contributed by atoms with E-state index in [0.717, 1.165) is 25.3 Å². The van der Waals surface area contributed by atoms with E-state index in [9.17, 15) is 13.2 Å². The van der Waals surface area contributed by atoms with Gasteiger partial charge in [-0.05, 0) is 42.3 Å². The van der Waals surface area contributed by atoms with E-state index in [2.05, 4.69) is 15.0 Å². The zero-order chi connectivity index (χ0) is 23.5. The van der Waals surface area contributed by atoms with Crippen molar-refractivity contribution < 1.29 is 22.6 Å². The van der Waals surface area contributed by atoms with Crippen molar-refractivity contribution in [1.82, 2.24) is 19.5 Å². The molecule has 1 fully saturated rings. The number of rotatable bonds is 8. The molecule has 5 rings (SSSR count). The molecule has 0 N–H and O–H groups in total. The number of hydrogen-bond donors (Lipinski definition) is 0. The van der Waals surface area contributed by atoms with E-state index in [4.69, 9.17) is 9.47 Å². The summed E-state index contributed by atoms with van der Waals surface area (Å²) in [4.78, 5) is 12.5. The van der Waals surface area contributed by atoms with Crippen molar-refractivity contribution in [2.75, 3.05) is 6.61 Å². The van der Waals surface area contributed by atoms with Gasteiger partial charge in [-0.15, -0.1) is 0 Å². The maximum Gasteiger partial charge on any atom is 0.214 e. The molecule has 0 saturated carbocycles. The quantitative estimate of drug-likeness (QED) is 0.376. The topological polar surface area (TPSA) is 62.1 Å². The Morgan fingerprint density at radius 3 is 2.71 bits per heavy atom. The maximum atomic E-state index is 15.0. The summed E-state index contributed by atoms with van der Waals surface area (Å²) >= 11 is 0. The predicted octanol–water partition coefficient (Wildman–Crippen LogP) is 4.72. The number of ether oxygens (including phenoxy) is 2. The highest BCUT2D eigenvalue weighted by molar-refractivity contribution is 5.61. The van der Waals surface area contributed by atoms with E-state index >= 15 is 0 Å². The first-order valence-electron chi connectivity index (χ1n) is 10.9. The van der Waals surface area contributed by atoms with Crippen molar-refractivity contribution in [3.05, 3.63) is 95.6 Å². The number of nitrogens with zero attached hydrogens (tertiary/aromatic N) is 4. The molecular weight excluding hydrogens is 445 g/mol. The van der Waals surface area contributed by atoms with Crippen LogP contribution in [-0.4, -0.2) is 32.2 Å². The first-order chi connectivity index (χ1) is 16.5. The second-order valence-electron chi connectivity index (χ2n) is 8.00. The summed E-state index contributed by atoms with van der Waals surface area (Å²) in [6.45, 7) is 1.45. The van der Waals surface area contributed by atoms with Crippen LogP contribution in [0.3, 0.4) is 0 Å². The molecule has 0 aliphatic carbocycles. The summed E-state index contributed by atoms with van der Waals surface area (Å²) in [6, 6.07) is 9.91. The molecule has 1 aliphatic heterocycles. The first kappa shape index (κ1) is 22.1. The molecule has 1 aromatic carbocycles. The molecule has 34 heavy (non-hydrogen) atoms. The second-order valence-corrected chi connectivity index (χ2v) is 8.00. The molecule has 4 heterocycles. The third-order valence-electron chi connectivity index (χ3n) is 5.64. The fourth-order valence-electron chi connectivity index (χ4n) is 3.70. The van der Waals surface area contributed by atoms with Gasteiger partial charge in [0.25, 0.3) is 0 Å². The van der Waals surface area contributed by atoms with Crippen LogP contribution in [0.5, 0.6) is 5.88 Å². The van der Waals surface area contributed by atoms with Gasteiger partial charge in [-0.2, -0.15) is 0 Å². The lowest BCUT2D eigenvalue weighted by Crippen LogP contribution is -2.31. The number of imidazole rings is 1. The molecule has 0 amide bonds. The number of hydrogen-bond acceptors (Lipinski definition) is 5. The van der Waals surface area contributed by atoms with Crippen molar-refractivity contribution >= 4 is 0 Å². The van der Waals surface area contributed by atoms with Crippen LogP contribution in [0, 0.1) is 17.5 Å². The Balaban J connectivity index is 1.32. The summed E-state index contributed by atoms with van der Waals surface area (Å²) in [5.41, 5.74) is 0.976. The summed E-state index contributed by atoms with van der Waals surface area (Å²) in [5.74, 6) is -0.727. The van der Waals surface area contributed by atoms with Crippen LogP contribution in [0.1, 0.15) is 23.5 Å². The van der Waals surface area contributed by atoms with E-state index in [1.54, 1.807) is 24.4 Å². The van der Waals surface area contributed by atoms with Crippen LogP contribution in [0.25, 0.3) is 11.3 Å². The van der Waals surface area contributed by atoms with E-state index < -0.39 is 17.5 Å². The lowest BCUT2D eigenvalue weighted by atomic mass is 10.0. The van der Waals surface area contributed by atoms with Crippen molar-refractivity contribution in [3.8, 4) is 17.1 Å². The highest BCUT2D eigenvalue weighted by atomic mass is 19.1. The van der Waals surface area contributed by atoms with Gasteiger partial charge in [0, 0.05) is 37.1 Å².